The van der Waals surface area contributed by atoms with Crippen molar-refractivity contribution in [2.45, 2.75) is 32.4 Å². The summed E-state index contributed by atoms with van der Waals surface area (Å²) in [6.45, 7) is 4.97. The molecule has 0 saturated carbocycles. The molecule has 0 unspecified atom stereocenters. The first-order chi connectivity index (χ1) is 4.70. The molecule has 0 rings (SSSR count). The highest BCUT2D eigenvalue weighted by atomic mass is 16.3. The lowest BCUT2D eigenvalue weighted by atomic mass is 10.2. The van der Waals surface area contributed by atoms with E-state index in [0.717, 1.165) is 6.42 Å². The second-order valence-electron chi connectivity index (χ2n) is 2.66. The van der Waals surface area contributed by atoms with Gasteiger partial charge in [0.15, 0.2) is 0 Å². The van der Waals surface area contributed by atoms with Crippen LogP contribution in [0.4, 0.5) is 0 Å². The molecule has 10 heavy (non-hydrogen) atoms. The molecule has 0 radical (unpaired) electrons. The Kier molecular flexibility index (Phi) is 5.58. The van der Waals surface area contributed by atoms with E-state index >= 15 is 0 Å². The molecule has 0 spiro atoms. The van der Waals surface area contributed by atoms with Gasteiger partial charge in [-0.2, -0.15) is 0 Å². The zero-order valence-electron chi connectivity index (χ0n) is 6.80. The molecule has 3 heteroatoms. The highest BCUT2D eigenvalue weighted by Gasteiger charge is 2.01. The Labute approximate surface area is 62.6 Å². The van der Waals surface area contributed by atoms with Gasteiger partial charge in [-0.25, -0.2) is 0 Å². The summed E-state index contributed by atoms with van der Waals surface area (Å²) >= 11 is 0. The van der Waals surface area contributed by atoms with Crippen molar-refractivity contribution < 1.29 is 5.11 Å². The van der Waals surface area contributed by atoms with Crippen molar-refractivity contribution in [3.05, 3.63) is 0 Å². The van der Waals surface area contributed by atoms with Gasteiger partial charge in [0.25, 0.3) is 0 Å². The number of nitrogens with two attached hydrogens (primary N) is 1. The van der Waals surface area contributed by atoms with Gasteiger partial charge in [0.1, 0.15) is 0 Å². The van der Waals surface area contributed by atoms with Crippen LogP contribution in [0.5, 0.6) is 0 Å². The van der Waals surface area contributed by atoms with Crippen LogP contribution in [0.2, 0.25) is 0 Å². The summed E-state index contributed by atoms with van der Waals surface area (Å²) in [5.74, 6) is 0. The molecule has 62 valence electrons. The Balaban J connectivity index is 3.17. The number of rotatable bonds is 5. The van der Waals surface area contributed by atoms with Crippen LogP contribution in [0, 0.1) is 0 Å². The van der Waals surface area contributed by atoms with Gasteiger partial charge in [-0.15, -0.1) is 0 Å². The number of nitrogens with one attached hydrogen (secondary N) is 1. The van der Waals surface area contributed by atoms with Crippen molar-refractivity contribution >= 4 is 0 Å². The quantitative estimate of drug-likeness (QED) is 0.499. The summed E-state index contributed by atoms with van der Waals surface area (Å²) in [5.41, 5.74) is 5.46. The molecule has 0 saturated heterocycles. The lowest BCUT2D eigenvalue weighted by Gasteiger charge is -2.14. The largest absolute Gasteiger partial charge is 0.395 e. The zero-order chi connectivity index (χ0) is 7.98. The fraction of sp³-hybridized carbons (Fsp3) is 1.00. The molecule has 0 aliphatic carbocycles. The number of hydrogen-bond donors (Lipinski definition) is 3. The van der Waals surface area contributed by atoms with Gasteiger partial charge in [-0.3, -0.25) is 0 Å². The summed E-state index contributed by atoms with van der Waals surface area (Å²) in [4.78, 5) is 0. The topological polar surface area (TPSA) is 58.3 Å². The summed E-state index contributed by atoms with van der Waals surface area (Å²) < 4.78 is 0. The first-order valence-corrected chi connectivity index (χ1v) is 3.80. The minimum Gasteiger partial charge on any atom is -0.395 e. The minimum absolute atomic E-state index is 0.0590. The van der Waals surface area contributed by atoms with Crippen LogP contribution in [0.15, 0.2) is 0 Å². The molecule has 2 atom stereocenters. The van der Waals surface area contributed by atoms with E-state index in [2.05, 4.69) is 19.2 Å². The smallest absolute Gasteiger partial charge is 0.0594 e. The summed E-state index contributed by atoms with van der Waals surface area (Å²) in [5, 5.41) is 11.8. The SMILES string of the molecule is CC[C@@H](C)NC[C@H](N)CO. The normalized spacial score (nSPS) is 16.8. The van der Waals surface area contributed by atoms with Crippen molar-refractivity contribution in [3.63, 3.8) is 0 Å². The van der Waals surface area contributed by atoms with Crippen LogP contribution in [0.25, 0.3) is 0 Å². The van der Waals surface area contributed by atoms with Gasteiger partial charge in [-0.1, -0.05) is 6.92 Å². The molecule has 0 aromatic rings. The number of aliphatic hydroxyl groups is 1. The van der Waals surface area contributed by atoms with Crippen LogP contribution < -0.4 is 11.1 Å². The molecular formula is C7H18N2O. The Hall–Kier alpha value is -0.120. The Morgan fingerprint density at radius 3 is 2.60 bits per heavy atom. The number of aliphatic hydroxyl groups excluding tert-OH is 1. The van der Waals surface area contributed by atoms with Crippen molar-refractivity contribution in [1.29, 1.82) is 0 Å². The molecular weight excluding hydrogens is 128 g/mol. The van der Waals surface area contributed by atoms with E-state index in [4.69, 9.17) is 10.8 Å². The summed E-state index contributed by atoms with van der Waals surface area (Å²) in [6.07, 6.45) is 1.10. The third-order valence-corrected chi connectivity index (χ3v) is 1.58. The molecule has 4 N–H and O–H groups in total. The van der Waals surface area contributed by atoms with E-state index in [9.17, 15) is 0 Å². The van der Waals surface area contributed by atoms with Crippen LogP contribution in [-0.2, 0) is 0 Å². The van der Waals surface area contributed by atoms with E-state index < -0.39 is 0 Å². The Morgan fingerprint density at radius 1 is 1.60 bits per heavy atom. The maximum Gasteiger partial charge on any atom is 0.0594 e. The molecule has 3 nitrogen and oxygen atoms in total. The minimum atomic E-state index is -0.117. The summed E-state index contributed by atoms with van der Waals surface area (Å²) in [6, 6.07) is 0.381. The molecule has 0 bridgehead atoms. The van der Waals surface area contributed by atoms with E-state index in [-0.39, 0.29) is 12.6 Å². The van der Waals surface area contributed by atoms with Crippen molar-refractivity contribution in [2.75, 3.05) is 13.2 Å². The van der Waals surface area contributed by atoms with Gasteiger partial charge in [-0.05, 0) is 13.3 Å². The van der Waals surface area contributed by atoms with Crippen LogP contribution >= 0.6 is 0 Å². The molecule has 0 heterocycles. The van der Waals surface area contributed by atoms with E-state index in [1.807, 2.05) is 0 Å². The first-order valence-electron chi connectivity index (χ1n) is 3.80. The van der Waals surface area contributed by atoms with Crippen LogP contribution in [0.1, 0.15) is 20.3 Å². The van der Waals surface area contributed by atoms with Crippen molar-refractivity contribution in [1.82, 2.24) is 5.32 Å². The Bertz CT molecular complexity index is 68.0. The van der Waals surface area contributed by atoms with Crippen LogP contribution in [-0.4, -0.2) is 30.3 Å². The fourth-order valence-corrected chi connectivity index (χ4v) is 0.561. The highest BCUT2D eigenvalue weighted by Crippen LogP contribution is 1.86. The van der Waals surface area contributed by atoms with Gasteiger partial charge >= 0.3 is 0 Å². The van der Waals surface area contributed by atoms with Gasteiger partial charge in [0.05, 0.1) is 6.61 Å². The monoisotopic (exact) mass is 146 g/mol. The number of hydrogen-bond acceptors (Lipinski definition) is 3. The third-order valence-electron chi connectivity index (χ3n) is 1.58. The summed E-state index contributed by atoms with van der Waals surface area (Å²) in [7, 11) is 0. The molecule has 0 aliphatic heterocycles. The predicted octanol–water partition coefficient (Wildman–Crippen LogP) is -0.306. The Morgan fingerprint density at radius 2 is 2.20 bits per heavy atom. The van der Waals surface area contributed by atoms with E-state index in [1.54, 1.807) is 0 Å². The molecule has 0 fully saturated rings. The van der Waals surface area contributed by atoms with Crippen molar-refractivity contribution in [3.8, 4) is 0 Å². The third kappa shape index (κ3) is 4.73. The highest BCUT2D eigenvalue weighted by molar-refractivity contribution is 4.65. The van der Waals surface area contributed by atoms with Gasteiger partial charge in [0, 0.05) is 18.6 Å². The second-order valence-corrected chi connectivity index (χ2v) is 2.66. The van der Waals surface area contributed by atoms with Crippen LogP contribution in [0.3, 0.4) is 0 Å². The average molecular weight is 146 g/mol. The maximum atomic E-state index is 8.56. The van der Waals surface area contributed by atoms with E-state index in [1.165, 1.54) is 0 Å². The van der Waals surface area contributed by atoms with E-state index in [0.29, 0.717) is 12.6 Å². The fourth-order valence-electron chi connectivity index (χ4n) is 0.561. The second kappa shape index (κ2) is 5.65. The standard InChI is InChI=1S/C7H18N2O/c1-3-6(2)9-4-7(8)5-10/h6-7,9-10H,3-5,8H2,1-2H3/t6-,7+/m1/s1. The average Bonchev–Trinajstić information content (AvgIpc) is 1.99. The van der Waals surface area contributed by atoms with Gasteiger partial charge < -0.3 is 16.2 Å². The zero-order valence-corrected chi connectivity index (χ0v) is 6.80. The maximum absolute atomic E-state index is 8.56. The van der Waals surface area contributed by atoms with Crippen molar-refractivity contribution in [2.24, 2.45) is 5.73 Å². The first kappa shape index (κ1) is 9.88. The molecule has 0 aliphatic rings. The molecule has 0 amide bonds. The molecule has 0 aromatic heterocycles. The lowest BCUT2D eigenvalue weighted by Crippen LogP contribution is -2.40. The predicted molar refractivity (Wildman–Crippen MR) is 42.8 cm³/mol. The lowest BCUT2D eigenvalue weighted by molar-refractivity contribution is 0.259. The van der Waals surface area contributed by atoms with Gasteiger partial charge in [0.2, 0.25) is 0 Å². The molecule has 0 aromatic carbocycles.